The third kappa shape index (κ3) is 4.81. The minimum absolute atomic E-state index is 0.705. The lowest BCUT2D eigenvalue weighted by Crippen LogP contribution is -2.20. The van der Waals surface area contributed by atoms with Gasteiger partial charge in [-0.15, -0.1) is 0 Å². The van der Waals surface area contributed by atoms with E-state index in [1.54, 1.807) is 7.11 Å². The zero-order chi connectivity index (χ0) is 11.8. The minimum atomic E-state index is 0.705. The van der Waals surface area contributed by atoms with Crippen LogP contribution in [0.5, 0.6) is 0 Å². The van der Waals surface area contributed by atoms with Crippen molar-refractivity contribution in [2.24, 2.45) is 5.92 Å². The number of rotatable bonds is 8. The first-order valence-corrected chi connectivity index (χ1v) is 6.07. The second-order valence-corrected chi connectivity index (χ2v) is 4.56. The molecule has 16 heavy (non-hydrogen) atoms. The van der Waals surface area contributed by atoms with E-state index >= 15 is 0 Å². The van der Waals surface area contributed by atoms with Crippen LogP contribution >= 0.6 is 0 Å². The van der Waals surface area contributed by atoms with E-state index in [2.05, 4.69) is 42.1 Å². The number of aryl methyl sites for hydroxylation is 1. The van der Waals surface area contributed by atoms with Crippen LogP contribution < -0.4 is 5.32 Å². The van der Waals surface area contributed by atoms with Gasteiger partial charge in [-0.3, -0.25) is 0 Å². The van der Waals surface area contributed by atoms with Gasteiger partial charge in [-0.2, -0.15) is 0 Å². The molecule has 92 valence electrons. The van der Waals surface area contributed by atoms with Gasteiger partial charge in [0.25, 0.3) is 0 Å². The summed E-state index contributed by atoms with van der Waals surface area (Å²) in [5, 5.41) is 3.47. The third-order valence-corrected chi connectivity index (χ3v) is 2.53. The fourth-order valence-corrected chi connectivity index (χ4v) is 1.70. The van der Waals surface area contributed by atoms with Crippen molar-refractivity contribution in [1.82, 2.24) is 9.88 Å². The van der Waals surface area contributed by atoms with Crippen molar-refractivity contribution in [3.63, 3.8) is 0 Å². The predicted octanol–water partition coefficient (Wildman–Crippen LogP) is 2.27. The minimum Gasteiger partial charge on any atom is -0.385 e. The Morgan fingerprint density at radius 1 is 1.44 bits per heavy atom. The van der Waals surface area contributed by atoms with Crippen molar-refractivity contribution in [3.05, 3.63) is 24.0 Å². The maximum Gasteiger partial charge on any atom is 0.0479 e. The van der Waals surface area contributed by atoms with Crippen molar-refractivity contribution in [3.8, 4) is 0 Å². The lowest BCUT2D eigenvalue weighted by molar-refractivity contribution is 0.190. The van der Waals surface area contributed by atoms with Gasteiger partial charge in [0.15, 0.2) is 0 Å². The van der Waals surface area contributed by atoms with Gasteiger partial charge in [0.2, 0.25) is 0 Å². The first-order chi connectivity index (χ1) is 7.74. The summed E-state index contributed by atoms with van der Waals surface area (Å²) in [6.45, 7) is 8.35. The zero-order valence-electron chi connectivity index (χ0n) is 10.7. The Labute approximate surface area is 98.8 Å². The average molecular weight is 224 g/mol. The lowest BCUT2D eigenvalue weighted by Gasteiger charge is -2.11. The van der Waals surface area contributed by atoms with E-state index in [9.17, 15) is 0 Å². The van der Waals surface area contributed by atoms with E-state index in [0.717, 1.165) is 32.7 Å². The second kappa shape index (κ2) is 7.47. The van der Waals surface area contributed by atoms with Crippen LogP contribution in [0.4, 0.5) is 0 Å². The highest BCUT2D eigenvalue weighted by Crippen LogP contribution is 2.03. The Bertz CT molecular complexity index is 281. The Morgan fingerprint density at radius 2 is 2.25 bits per heavy atom. The molecule has 0 unspecified atom stereocenters. The van der Waals surface area contributed by atoms with Crippen LogP contribution in [0.3, 0.4) is 0 Å². The normalized spacial score (nSPS) is 11.2. The number of hydrogen-bond donors (Lipinski definition) is 1. The summed E-state index contributed by atoms with van der Waals surface area (Å²) in [5.74, 6) is 0.705. The van der Waals surface area contributed by atoms with Crippen molar-refractivity contribution in [2.45, 2.75) is 33.4 Å². The Balaban J connectivity index is 2.32. The first kappa shape index (κ1) is 13.3. The van der Waals surface area contributed by atoms with E-state index in [4.69, 9.17) is 4.74 Å². The fraction of sp³-hybridized carbons (Fsp3) is 0.692. The maximum atomic E-state index is 5.06. The standard InChI is InChI=1S/C13H24N2O/c1-12(2)10-14-11-13-6-4-7-15(13)8-5-9-16-3/h4,6-7,12,14H,5,8-11H2,1-3H3. The summed E-state index contributed by atoms with van der Waals surface area (Å²) in [6, 6.07) is 4.29. The third-order valence-electron chi connectivity index (χ3n) is 2.53. The smallest absolute Gasteiger partial charge is 0.0479 e. The summed E-state index contributed by atoms with van der Waals surface area (Å²) in [7, 11) is 1.75. The second-order valence-electron chi connectivity index (χ2n) is 4.56. The molecular formula is C13H24N2O. The molecule has 1 N–H and O–H groups in total. The van der Waals surface area contributed by atoms with E-state index in [1.165, 1.54) is 5.69 Å². The van der Waals surface area contributed by atoms with Crippen LogP contribution in [-0.4, -0.2) is 24.8 Å². The van der Waals surface area contributed by atoms with Crippen LogP contribution in [-0.2, 0) is 17.8 Å². The van der Waals surface area contributed by atoms with Crippen LogP contribution in [0.25, 0.3) is 0 Å². The highest BCUT2D eigenvalue weighted by molar-refractivity contribution is 5.06. The van der Waals surface area contributed by atoms with Gasteiger partial charge >= 0.3 is 0 Å². The number of ether oxygens (including phenoxy) is 1. The molecule has 0 aliphatic carbocycles. The van der Waals surface area contributed by atoms with E-state index in [1.807, 2.05) is 0 Å². The number of nitrogens with zero attached hydrogens (tertiary/aromatic N) is 1. The van der Waals surface area contributed by atoms with Gasteiger partial charge in [-0.1, -0.05) is 13.8 Å². The Kier molecular flexibility index (Phi) is 6.19. The van der Waals surface area contributed by atoms with Gasteiger partial charge in [0.05, 0.1) is 0 Å². The molecule has 0 spiro atoms. The first-order valence-electron chi connectivity index (χ1n) is 6.07. The number of nitrogens with one attached hydrogen (secondary N) is 1. The highest BCUT2D eigenvalue weighted by atomic mass is 16.5. The van der Waals surface area contributed by atoms with Crippen LogP contribution in [0.1, 0.15) is 26.0 Å². The predicted molar refractivity (Wildman–Crippen MR) is 67.5 cm³/mol. The zero-order valence-corrected chi connectivity index (χ0v) is 10.7. The van der Waals surface area contributed by atoms with Gasteiger partial charge in [-0.25, -0.2) is 0 Å². The van der Waals surface area contributed by atoms with Crippen LogP contribution in [0, 0.1) is 5.92 Å². The molecule has 1 heterocycles. The van der Waals surface area contributed by atoms with Crippen molar-refractivity contribution < 1.29 is 4.74 Å². The molecule has 0 fully saturated rings. The molecule has 1 aromatic heterocycles. The molecule has 0 aliphatic heterocycles. The topological polar surface area (TPSA) is 26.2 Å². The number of methoxy groups -OCH3 is 1. The lowest BCUT2D eigenvalue weighted by atomic mass is 10.2. The number of aromatic nitrogens is 1. The molecule has 3 heteroatoms. The quantitative estimate of drug-likeness (QED) is 0.686. The molecule has 0 amide bonds. The fourth-order valence-electron chi connectivity index (χ4n) is 1.70. The van der Waals surface area contributed by atoms with E-state index < -0.39 is 0 Å². The van der Waals surface area contributed by atoms with Gasteiger partial charge in [0, 0.05) is 38.7 Å². The molecule has 1 aromatic rings. The Hall–Kier alpha value is -0.800. The van der Waals surface area contributed by atoms with Gasteiger partial charge in [0.1, 0.15) is 0 Å². The molecule has 0 aromatic carbocycles. The molecule has 0 bridgehead atoms. The molecule has 3 nitrogen and oxygen atoms in total. The molecule has 0 saturated heterocycles. The molecular weight excluding hydrogens is 200 g/mol. The molecule has 1 rings (SSSR count). The summed E-state index contributed by atoms with van der Waals surface area (Å²) < 4.78 is 7.36. The molecule has 0 saturated carbocycles. The highest BCUT2D eigenvalue weighted by Gasteiger charge is 2.00. The van der Waals surface area contributed by atoms with Crippen molar-refractivity contribution in [2.75, 3.05) is 20.3 Å². The maximum absolute atomic E-state index is 5.06. The van der Waals surface area contributed by atoms with Gasteiger partial charge in [-0.05, 0) is 31.0 Å². The summed E-state index contributed by atoms with van der Waals surface area (Å²) in [5.41, 5.74) is 1.36. The SMILES string of the molecule is COCCCn1cccc1CNCC(C)C. The van der Waals surface area contributed by atoms with Gasteiger partial charge < -0.3 is 14.6 Å². The van der Waals surface area contributed by atoms with Crippen LogP contribution in [0.15, 0.2) is 18.3 Å². The number of hydrogen-bond acceptors (Lipinski definition) is 2. The summed E-state index contributed by atoms with van der Waals surface area (Å²) in [4.78, 5) is 0. The summed E-state index contributed by atoms with van der Waals surface area (Å²) >= 11 is 0. The van der Waals surface area contributed by atoms with Crippen molar-refractivity contribution >= 4 is 0 Å². The van der Waals surface area contributed by atoms with Crippen molar-refractivity contribution in [1.29, 1.82) is 0 Å². The van der Waals surface area contributed by atoms with E-state index in [-0.39, 0.29) is 0 Å². The molecule has 0 aliphatic rings. The largest absolute Gasteiger partial charge is 0.385 e. The van der Waals surface area contributed by atoms with Crippen LogP contribution in [0.2, 0.25) is 0 Å². The average Bonchev–Trinajstić information content (AvgIpc) is 2.66. The molecule has 0 atom stereocenters. The molecule has 0 radical (unpaired) electrons. The Morgan fingerprint density at radius 3 is 2.94 bits per heavy atom. The van der Waals surface area contributed by atoms with E-state index in [0.29, 0.717) is 5.92 Å². The summed E-state index contributed by atoms with van der Waals surface area (Å²) in [6.07, 6.45) is 3.21. The monoisotopic (exact) mass is 224 g/mol.